The molecule has 0 radical (unpaired) electrons. The predicted octanol–water partition coefficient (Wildman–Crippen LogP) is -1.58. The molecule has 3 amide bonds. The van der Waals surface area contributed by atoms with Crippen LogP contribution in [0.3, 0.4) is 0 Å². The molecule has 2 aliphatic heterocycles. The van der Waals surface area contributed by atoms with Crippen LogP contribution in [0.5, 0.6) is 0 Å². The van der Waals surface area contributed by atoms with Crippen LogP contribution >= 0.6 is 0 Å². The van der Waals surface area contributed by atoms with Crippen molar-refractivity contribution >= 4 is 17.7 Å². The van der Waals surface area contributed by atoms with E-state index in [0.717, 1.165) is 0 Å². The van der Waals surface area contributed by atoms with Crippen molar-refractivity contribution in [2.24, 2.45) is 5.73 Å². The first-order chi connectivity index (χ1) is 8.53. The van der Waals surface area contributed by atoms with Crippen molar-refractivity contribution in [1.82, 2.24) is 10.6 Å². The van der Waals surface area contributed by atoms with Gasteiger partial charge in [-0.05, 0) is 6.42 Å². The number of amides is 3. The summed E-state index contributed by atoms with van der Waals surface area (Å²) >= 11 is 0. The van der Waals surface area contributed by atoms with E-state index in [4.69, 9.17) is 10.5 Å². The SMILES string of the molecule is NC(=O)CC[C@H]1NC(=O)C2(CCOCC2)NC1=O. The number of nitrogens with two attached hydrogens (primary N) is 1. The minimum Gasteiger partial charge on any atom is -0.381 e. The Morgan fingerprint density at radius 1 is 1.39 bits per heavy atom. The van der Waals surface area contributed by atoms with Crippen LogP contribution in [0.4, 0.5) is 0 Å². The Labute approximate surface area is 104 Å². The van der Waals surface area contributed by atoms with E-state index in [9.17, 15) is 14.4 Å². The molecule has 0 bridgehead atoms. The van der Waals surface area contributed by atoms with Crippen LogP contribution in [0.1, 0.15) is 25.7 Å². The lowest BCUT2D eigenvalue weighted by atomic mass is 9.85. The van der Waals surface area contributed by atoms with Crippen molar-refractivity contribution in [3.05, 3.63) is 0 Å². The van der Waals surface area contributed by atoms with Gasteiger partial charge in [0.05, 0.1) is 0 Å². The number of hydrogen-bond donors (Lipinski definition) is 3. The normalized spacial score (nSPS) is 26.6. The van der Waals surface area contributed by atoms with E-state index in [0.29, 0.717) is 26.1 Å². The summed E-state index contributed by atoms with van der Waals surface area (Å²) in [6, 6.07) is -0.668. The molecule has 0 unspecified atom stereocenters. The minimum atomic E-state index is -0.835. The maximum absolute atomic E-state index is 12.1. The fraction of sp³-hybridized carbons (Fsp3) is 0.727. The average Bonchev–Trinajstić information content (AvgIpc) is 2.33. The van der Waals surface area contributed by atoms with E-state index >= 15 is 0 Å². The van der Waals surface area contributed by atoms with Crippen LogP contribution < -0.4 is 16.4 Å². The molecule has 2 aliphatic rings. The van der Waals surface area contributed by atoms with E-state index in [1.807, 2.05) is 0 Å². The van der Waals surface area contributed by atoms with Crippen LogP contribution in [0.25, 0.3) is 0 Å². The van der Waals surface area contributed by atoms with Gasteiger partial charge in [-0.3, -0.25) is 14.4 Å². The molecule has 2 fully saturated rings. The Hall–Kier alpha value is -1.63. The third-order valence-corrected chi connectivity index (χ3v) is 3.44. The highest BCUT2D eigenvalue weighted by Crippen LogP contribution is 2.24. The molecular weight excluding hydrogens is 238 g/mol. The molecule has 18 heavy (non-hydrogen) atoms. The molecule has 7 nitrogen and oxygen atoms in total. The minimum absolute atomic E-state index is 0.0779. The lowest BCUT2D eigenvalue weighted by Crippen LogP contribution is -2.70. The molecule has 2 heterocycles. The number of carbonyl (C=O) groups is 3. The quantitative estimate of drug-likeness (QED) is 0.565. The molecular formula is C11H17N3O4. The molecule has 2 saturated heterocycles. The van der Waals surface area contributed by atoms with Gasteiger partial charge in [-0.15, -0.1) is 0 Å². The lowest BCUT2D eigenvalue weighted by molar-refractivity contribution is -0.145. The summed E-state index contributed by atoms with van der Waals surface area (Å²) in [5, 5.41) is 5.44. The van der Waals surface area contributed by atoms with Gasteiger partial charge in [0, 0.05) is 32.5 Å². The van der Waals surface area contributed by atoms with Gasteiger partial charge < -0.3 is 21.1 Å². The van der Waals surface area contributed by atoms with Crippen LogP contribution in [0.2, 0.25) is 0 Å². The average molecular weight is 255 g/mol. The first-order valence-corrected chi connectivity index (χ1v) is 6.02. The maximum atomic E-state index is 12.1. The third-order valence-electron chi connectivity index (χ3n) is 3.44. The summed E-state index contributed by atoms with van der Waals surface area (Å²) in [6.07, 6.45) is 1.27. The van der Waals surface area contributed by atoms with Gasteiger partial charge in [-0.2, -0.15) is 0 Å². The van der Waals surface area contributed by atoms with E-state index in [1.165, 1.54) is 0 Å². The summed E-state index contributed by atoms with van der Waals surface area (Å²) in [5.41, 5.74) is 4.19. The Morgan fingerprint density at radius 2 is 2.06 bits per heavy atom. The molecule has 7 heteroatoms. The van der Waals surface area contributed by atoms with Crippen molar-refractivity contribution in [2.75, 3.05) is 13.2 Å². The van der Waals surface area contributed by atoms with Gasteiger partial charge in [0.25, 0.3) is 0 Å². The highest BCUT2D eigenvalue weighted by Gasteiger charge is 2.47. The second-order valence-electron chi connectivity index (χ2n) is 4.71. The monoisotopic (exact) mass is 255 g/mol. The summed E-state index contributed by atoms with van der Waals surface area (Å²) in [7, 11) is 0. The van der Waals surface area contributed by atoms with Crippen molar-refractivity contribution in [3.8, 4) is 0 Å². The van der Waals surface area contributed by atoms with Gasteiger partial charge >= 0.3 is 0 Å². The van der Waals surface area contributed by atoms with Crippen LogP contribution in [-0.2, 0) is 19.1 Å². The largest absolute Gasteiger partial charge is 0.381 e. The Bertz CT molecular complexity index is 376. The second-order valence-corrected chi connectivity index (χ2v) is 4.71. The summed E-state index contributed by atoms with van der Waals surface area (Å²) < 4.78 is 5.19. The van der Waals surface area contributed by atoms with E-state index in [1.54, 1.807) is 0 Å². The summed E-state index contributed by atoms with van der Waals surface area (Å²) in [6.45, 7) is 0.916. The summed E-state index contributed by atoms with van der Waals surface area (Å²) in [4.78, 5) is 34.7. The smallest absolute Gasteiger partial charge is 0.246 e. The van der Waals surface area contributed by atoms with Crippen molar-refractivity contribution < 1.29 is 19.1 Å². The number of ether oxygens (including phenoxy) is 1. The molecule has 2 rings (SSSR count). The fourth-order valence-electron chi connectivity index (χ4n) is 2.30. The standard InChI is InChI=1S/C11H17N3O4/c12-8(15)2-1-7-9(16)14-11(10(17)13-7)3-5-18-6-4-11/h7H,1-6H2,(H2,12,15)(H,13,17)(H,14,16)/t7-/m1/s1. The first-order valence-electron chi connectivity index (χ1n) is 6.02. The zero-order valence-electron chi connectivity index (χ0n) is 10.0. The highest BCUT2D eigenvalue weighted by atomic mass is 16.5. The fourth-order valence-corrected chi connectivity index (χ4v) is 2.30. The maximum Gasteiger partial charge on any atom is 0.246 e. The molecule has 0 saturated carbocycles. The van der Waals surface area contributed by atoms with E-state index < -0.39 is 17.5 Å². The van der Waals surface area contributed by atoms with Gasteiger partial charge in [-0.1, -0.05) is 0 Å². The molecule has 0 aromatic heterocycles. The number of carbonyl (C=O) groups excluding carboxylic acids is 3. The number of primary amides is 1. The molecule has 0 aliphatic carbocycles. The number of hydrogen-bond acceptors (Lipinski definition) is 4. The summed E-state index contributed by atoms with van der Waals surface area (Å²) in [5.74, 6) is -0.930. The van der Waals surface area contributed by atoms with Crippen LogP contribution in [0.15, 0.2) is 0 Å². The molecule has 0 aromatic carbocycles. The molecule has 1 spiro atoms. The third kappa shape index (κ3) is 2.45. The van der Waals surface area contributed by atoms with Gasteiger partial charge in [-0.25, -0.2) is 0 Å². The van der Waals surface area contributed by atoms with Crippen molar-refractivity contribution in [3.63, 3.8) is 0 Å². The van der Waals surface area contributed by atoms with Crippen molar-refractivity contribution in [1.29, 1.82) is 0 Å². The molecule has 100 valence electrons. The Balaban J connectivity index is 2.00. The van der Waals surface area contributed by atoms with Gasteiger partial charge in [0.2, 0.25) is 17.7 Å². The Kier molecular flexibility index (Phi) is 3.51. The van der Waals surface area contributed by atoms with Crippen LogP contribution in [-0.4, -0.2) is 42.5 Å². The Morgan fingerprint density at radius 3 is 2.67 bits per heavy atom. The lowest BCUT2D eigenvalue weighted by Gasteiger charge is -2.42. The molecule has 4 N–H and O–H groups in total. The topological polar surface area (TPSA) is 111 Å². The number of rotatable bonds is 3. The predicted molar refractivity (Wildman–Crippen MR) is 61.3 cm³/mol. The number of piperazine rings is 1. The zero-order chi connectivity index (χ0) is 13.2. The molecule has 1 atom stereocenters. The molecule has 0 aromatic rings. The van der Waals surface area contributed by atoms with Gasteiger partial charge in [0.1, 0.15) is 11.6 Å². The van der Waals surface area contributed by atoms with Crippen molar-refractivity contribution in [2.45, 2.75) is 37.3 Å². The van der Waals surface area contributed by atoms with E-state index in [-0.39, 0.29) is 24.7 Å². The zero-order valence-corrected chi connectivity index (χ0v) is 10.0. The van der Waals surface area contributed by atoms with Crippen LogP contribution in [0, 0.1) is 0 Å². The van der Waals surface area contributed by atoms with E-state index in [2.05, 4.69) is 10.6 Å². The number of nitrogens with one attached hydrogen (secondary N) is 2. The van der Waals surface area contributed by atoms with Gasteiger partial charge in [0.15, 0.2) is 0 Å². The first kappa shape index (κ1) is 12.8. The highest BCUT2D eigenvalue weighted by molar-refractivity contribution is 6.00. The second kappa shape index (κ2) is 4.93.